The highest BCUT2D eigenvalue weighted by Gasteiger charge is 2.13. The molecule has 17 heavy (non-hydrogen) atoms. The van der Waals surface area contributed by atoms with E-state index in [-0.39, 0.29) is 5.97 Å². The van der Waals surface area contributed by atoms with E-state index >= 15 is 0 Å². The van der Waals surface area contributed by atoms with Gasteiger partial charge in [0.05, 0.1) is 24.0 Å². The number of carbonyl (C=O) groups excluding carboxylic acids is 1. The fourth-order valence-electron chi connectivity index (χ4n) is 1.63. The number of ether oxygens (including phenoxy) is 1. The molecule has 0 aliphatic carbocycles. The Hall–Kier alpha value is -1.71. The molecule has 1 rings (SSSR count). The third-order valence-electron chi connectivity index (χ3n) is 3.08. The van der Waals surface area contributed by atoms with Crippen molar-refractivity contribution in [1.82, 2.24) is 0 Å². The molecular weight excluding hydrogens is 216 g/mol. The predicted molar refractivity (Wildman–Crippen MR) is 70.3 cm³/mol. The molecule has 0 spiro atoms. The van der Waals surface area contributed by atoms with Gasteiger partial charge in [-0.25, -0.2) is 4.79 Å². The smallest absolute Gasteiger partial charge is 0.337 e. The van der Waals surface area contributed by atoms with Crippen molar-refractivity contribution in [2.75, 3.05) is 24.8 Å². The monoisotopic (exact) mass is 236 g/mol. The third-order valence-corrected chi connectivity index (χ3v) is 3.08. The Kier molecular flexibility index (Phi) is 4.37. The van der Waals surface area contributed by atoms with Crippen LogP contribution in [0.5, 0.6) is 0 Å². The number of nitrogens with zero attached hydrogens (tertiary/aromatic N) is 1. The Balaban J connectivity index is 3.01. The molecule has 0 fully saturated rings. The van der Waals surface area contributed by atoms with Gasteiger partial charge in [-0.05, 0) is 31.5 Å². The molecule has 4 heteroatoms. The summed E-state index contributed by atoms with van der Waals surface area (Å²) in [5.74, 6) is -0.366. The van der Waals surface area contributed by atoms with Crippen LogP contribution in [-0.4, -0.2) is 26.2 Å². The van der Waals surface area contributed by atoms with Gasteiger partial charge in [0.25, 0.3) is 0 Å². The minimum Gasteiger partial charge on any atom is -0.465 e. The van der Waals surface area contributed by atoms with Crippen molar-refractivity contribution in [3.63, 3.8) is 0 Å². The van der Waals surface area contributed by atoms with Gasteiger partial charge in [0.15, 0.2) is 0 Å². The molecule has 1 atom stereocenters. The van der Waals surface area contributed by atoms with Crippen LogP contribution in [0.25, 0.3) is 0 Å². The number of methoxy groups -OCH3 is 1. The second-order valence-electron chi connectivity index (χ2n) is 4.13. The van der Waals surface area contributed by atoms with Gasteiger partial charge in [-0.2, -0.15) is 0 Å². The lowest BCUT2D eigenvalue weighted by Crippen LogP contribution is -2.28. The number of hydrogen-bond acceptors (Lipinski definition) is 4. The molecule has 94 valence electrons. The average molecular weight is 236 g/mol. The van der Waals surface area contributed by atoms with E-state index in [1.807, 2.05) is 13.1 Å². The van der Waals surface area contributed by atoms with Gasteiger partial charge in [0.1, 0.15) is 0 Å². The first-order chi connectivity index (χ1) is 8.01. The molecule has 0 saturated carbocycles. The number of benzene rings is 1. The molecule has 0 radical (unpaired) electrons. The molecule has 1 aromatic carbocycles. The van der Waals surface area contributed by atoms with Crippen molar-refractivity contribution in [2.45, 2.75) is 26.3 Å². The Morgan fingerprint density at radius 2 is 2.18 bits per heavy atom. The summed E-state index contributed by atoms with van der Waals surface area (Å²) in [6.45, 7) is 4.26. The van der Waals surface area contributed by atoms with Gasteiger partial charge < -0.3 is 15.4 Å². The summed E-state index contributed by atoms with van der Waals surface area (Å²) in [4.78, 5) is 13.5. The van der Waals surface area contributed by atoms with Gasteiger partial charge in [-0.15, -0.1) is 0 Å². The Bertz CT molecular complexity index is 404. The van der Waals surface area contributed by atoms with Gasteiger partial charge >= 0.3 is 5.97 Å². The maximum atomic E-state index is 11.3. The van der Waals surface area contributed by atoms with Crippen LogP contribution in [0.3, 0.4) is 0 Å². The van der Waals surface area contributed by atoms with E-state index in [0.717, 1.165) is 12.1 Å². The summed E-state index contributed by atoms with van der Waals surface area (Å²) in [5.41, 5.74) is 7.97. The molecule has 0 heterocycles. The van der Waals surface area contributed by atoms with Crippen molar-refractivity contribution in [3.8, 4) is 0 Å². The summed E-state index contributed by atoms with van der Waals surface area (Å²) >= 11 is 0. The van der Waals surface area contributed by atoms with E-state index in [2.05, 4.69) is 23.5 Å². The molecule has 0 bridgehead atoms. The van der Waals surface area contributed by atoms with Crippen LogP contribution in [-0.2, 0) is 4.74 Å². The first-order valence-corrected chi connectivity index (χ1v) is 5.71. The second kappa shape index (κ2) is 5.57. The SMILES string of the molecule is CCC(C)N(C)c1ccc(C(=O)OC)cc1N. The minimum absolute atomic E-state index is 0.366. The number of rotatable bonds is 4. The zero-order chi connectivity index (χ0) is 13.0. The standard InChI is InChI=1S/C13H20N2O2/c1-5-9(2)15(3)12-7-6-10(8-11(12)14)13(16)17-4/h6-9H,5,14H2,1-4H3. The fraction of sp³-hybridized carbons (Fsp3) is 0.462. The molecule has 0 aliphatic rings. The van der Waals surface area contributed by atoms with Crippen LogP contribution < -0.4 is 10.6 Å². The van der Waals surface area contributed by atoms with Crippen molar-refractivity contribution < 1.29 is 9.53 Å². The van der Waals surface area contributed by atoms with Crippen LogP contribution in [0, 0.1) is 0 Å². The molecule has 4 nitrogen and oxygen atoms in total. The van der Waals surface area contributed by atoms with E-state index < -0.39 is 0 Å². The summed E-state index contributed by atoms with van der Waals surface area (Å²) < 4.78 is 4.65. The number of nitrogen functional groups attached to an aromatic ring is 1. The first kappa shape index (κ1) is 13.4. The van der Waals surface area contributed by atoms with Crippen LogP contribution in [0.15, 0.2) is 18.2 Å². The Morgan fingerprint density at radius 1 is 1.53 bits per heavy atom. The number of esters is 1. The maximum Gasteiger partial charge on any atom is 0.337 e. The lowest BCUT2D eigenvalue weighted by Gasteiger charge is -2.27. The number of nitrogens with two attached hydrogens (primary N) is 1. The zero-order valence-corrected chi connectivity index (χ0v) is 10.9. The highest BCUT2D eigenvalue weighted by atomic mass is 16.5. The molecular formula is C13H20N2O2. The third kappa shape index (κ3) is 2.90. The summed E-state index contributed by atoms with van der Waals surface area (Å²) in [6.07, 6.45) is 1.04. The fourth-order valence-corrected chi connectivity index (χ4v) is 1.63. The highest BCUT2D eigenvalue weighted by molar-refractivity contribution is 5.91. The summed E-state index contributed by atoms with van der Waals surface area (Å²) in [5, 5.41) is 0. The number of carbonyl (C=O) groups is 1. The van der Waals surface area contributed by atoms with Crippen LogP contribution in [0.2, 0.25) is 0 Å². The van der Waals surface area contributed by atoms with Crippen molar-refractivity contribution >= 4 is 17.3 Å². The van der Waals surface area contributed by atoms with Crippen molar-refractivity contribution in [3.05, 3.63) is 23.8 Å². The molecule has 1 aromatic rings. The molecule has 0 saturated heterocycles. The number of hydrogen-bond donors (Lipinski definition) is 1. The van der Waals surface area contributed by atoms with E-state index in [9.17, 15) is 4.79 Å². The van der Waals surface area contributed by atoms with Crippen LogP contribution in [0.4, 0.5) is 11.4 Å². The molecule has 0 amide bonds. The van der Waals surface area contributed by atoms with Gasteiger partial charge in [-0.1, -0.05) is 6.92 Å². The first-order valence-electron chi connectivity index (χ1n) is 5.71. The quantitative estimate of drug-likeness (QED) is 0.643. The van der Waals surface area contributed by atoms with E-state index in [1.165, 1.54) is 7.11 Å². The summed E-state index contributed by atoms with van der Waals surface area (Å²) in [7, 11) is 3.36. The van der Waals surface area contributed by atoms with Gasteiger partial charge in [0.2, 0.25) is 0 Å². The molecule has 0 aromatic heterocycles. The zero-order valence-electron chi connectivity index (χ0n) is 10.9. The average Bonchev–Trinajstić information content (AvgIpc) is 2.35. The molecule has 1 unspecified atom stereocenters. The van der Waals surface area contributed by atoms with Crippen molar-refractivity contribution in [2.24, 2.45) is 0 Å². The van der Waals surface area contributed by atoms with E-state index in [0.29, 0.717) is 17.3 Å². The lowest BCUT2D eigenvalue weighted by molar-refractivity contribution is 0.0601. The van der Waals surface area contributed by atoms with Gasteiger partial charge in [0, 0.05) is 13.1 Å². The predicted octanol–water partition coefficient (Wildman–Crippen LogP) is 2.29. The van der Waals surface area contributed by atoms with Crippen LogP contribution >= 0.6 is 0 Å². The molecule has 2 N–H and O–H groups in total. The second-order valence-corrected chi connectivity index (χ2v) is 4.13. The Labute approximate surface area is 102 Å². The van der Waals surface area contributed by atoms with Gasteiger partial charge in [-0.3, -0.25) is 0 Å². The topological polar surface area (TPSA) is 55.6 Å². The Morgan fingerprint density at radius 3 is 2.65 bits per heavy atom. The lowest BCUT2D eigenvalue weighted by atomic mass is 10.1. The normalized spacial score (nSPS) is 12.0. The molecule has 0 aliphatic heterocycles. The van der Waals surface area contributed by atoms with Crippen LogP contribution in [0.1, 0.15) is 30.6 Å². The van der Waals surface area contributed by atoms with Crippen molar-refractivity contribution in [1.29, 1.82) is 0 Å². The largest absolute Gasteiger partial charge is 0.465 e. The number of anilines is 2. The van der Waals surface area contributed by atoms with E-state index in [1.54, 1.807) is 12.1 Å². The van der Waals surface area contributed by atoms with E-state index in [4.69, 9.17) is 5.73 Å². The summed E-state index contributed by atoms with van der Waals surface area (Å²) in [6, 6.07) is 5.64. The highest BCUT2D eigenvalue weighted by Crippen LogP contribution is 2.25. The minimum atomic E-state index is -0.366. The maximum absolute atomic E-state index is 11.3.